The number of benzene rings is 4. The molecule has 2 saturated carbocycles. The Morgan fingerprint density at radius 2 is 1.18 bits per heavy atom. The van der Waals surface area contributed by atoms with Crippen molar-refractivity contribution in [3.63, 3.8) is 0 Å². The molecule has 0 atom stereocenters. The molecule has 0 bridgehead atoms. The molecule has 62 heavy (non-hydrogen) atoms. The third-order valence-electron chi connectivity index (χ3n) is 12.9. The van der Waals surface area contributed by atoms with Crippen LogP contribution in [0.25, 0.3) is 22.3 Å². The zero-order chi connectivity index (χ0) is 44.0. The number of aldehydes is 1. The molecule has 2 N–H and O–H groups in total. The fourth-order valence-electron chi connectivity index (χ4n) is 8.63. The molecule has 2 aliphatic carbocycles. The highest BCUT2D eigenvalue weighted by Gasteiger charge is 2.33. The summed E-state index contributed by atoms with van der Waals surface area (Å²) < 4.78 is 46.0. The van der Waals surface area contributed by atoms with Gasteiger partial charge in [-0.3, -0.25) is 19.3 Å². The molecule has 9 nitrogen and oxygen atoms in total. The Morgan fingerprint density at radius 3 is 1.58 bits per heavy atom. The molecule has 0 amide bonds. The molecule has 4 aromatic carbocycles. The van der Waals surface area contributed by atoms with E-state index in [-0.39, 0.29) is 41.4 Å². The van der Waals surface area contributed by atoms with E-state index in [0.717, 1.165) is 73.2 Å². The van der Waals surface area contributed by atoms with Crippen LogP contribution in [0.5, 0.6) is 11.5 Å². The molecule has 4 aromatic rings. The molecule has 2 heterocycles. The van der Waals surface area contributed by atoms with E-state index >= 15 is 4.39 Å². The Morgan fingerprint density at radius 1 is 0.694 bits per heavy atom. The maximum atomic E-state index is 15.1. The molecule has 8 rings (SSSR count). The van der Waals surface area contributed by atoms with Crippen LogP contribution in [-0.4, -0.2) is 73.7 Å². The van der Waals surface area contributed by atoms with Gasteiger partial charge in [-0.25, -0.2) is 8.78 Å². The van der Waals surface area contributed by atoms with E-state index in [1.54, 1.807) is 24.3 Å². The van der Waals surface area contributed by atoms with Gasteiger partial charge in [-0.05, 0) is 105 Å². The summed E-state index contributed by atoms with van der Waals surface area (Å²) in [6.07, 6.45) is 13.0. The van der Waals surface area contributed by atoms with Gasteiger partial charge in [0.15, 0.2) is 6.29 Å². The average Bonchev–Trinajstić information content (AvgIpc) is 3.26. The normalized spacial score (nSPS) is 21.4. The summed E-state index contributed by atoms with van der Waals surface area (Å²) in [5.41, 5.74) is 3.26. The Bertz CT molecular complexity index is 2050. The molecule has 4 fully saturated rings. The van der Waals surface area contributed by atoms with Crippen LogP contribution in [0.4, 0.5) is 8.78 Å². The Balaban J connectivity index is 0.000000178. The molecule has 0 radical (unpaired) electrons. The van der Waals surface area contributed by atoms with Gasteiger partial charge in [-0.15, -0.1) is 0 Å². The van der Waals surface area contributed by atoms with E-state index in [1.807, 2.05) is 59.5 Å². The number of esters is 1. The van der Waals surface area contributed by atoms with E-state index in [1.165, 1.54) is 51.7 Å². The summed E-state index contributed by atoms with van der Waals surface area (Å²) in [6, 6.07) is 25.4. The van der Waals surface area contributed by atoms with Crippen LogP contribution in [0.15, 0.2) is 84.9 Å². The van der Waals surface area contributed by atoms with Crippen molar-refractivity contribution >= 4 is 18.2 Å². The van der Waals surface area contributed by atoms with Gasteiger partial charge in [0.2, 0.25) is 0 Å². The number of carbonyl (C=O) groups excluding carboxylic acids is 2. The van der Waals surface area contributed by atoms with Crippen molar-refractivity contribution in [2.75, 3.05) is 33.3 Å². The zero-order valence-corrected chi connectivity index (χ0v) is 36.3. The van der Waals surface area contributed by atoms with Crippen LogP contribution in [0.1, 0.15) is 94.0 Å². The fourth-order valence-corrected chi connectivity index (χ4v) is 8.63. The molecular formula is C51H62F2N2O7. The monoisotopic (exact) mass is 852 g/mol. The van der Waals surface area contributed by atoms with E-state index in [4.69, 9.17) is 14.6 Å². The van der Waals surface area contributed by atoms with Gasteiger partial charge in [0.05, 0.1) is 36.7 Å². The van der Waals surface area contributed by atoms with Crippen molar-refractivity contribution in [2.24, 2.45) is 23.7 Å². The summed E-state index contributed by atoms with van der Waals surface area (Å²) >= 11 is 0. The standard InChI is InChI=1S/C25H30FNO3.C21H23FO2.C5H9NO2/c1-2-17-6-10-21(11-7-17)30-22-12-8-18(9-13-22)23-5-3-4-19(24(23)26)14-27-15-20(16-27)25(28)29;1-2-15-6-10-18(11-7-15)24-19-12-8-16(9-13-19)20-5-3-4-17(14-23)21(20)22;1-8-5(7)4-2-6-3-4/h3-5,8-9,12-13,17,20-21H,2,6-7,10-11,14-16H2,1H3,(H,28,29);3-5,8-9,12-15,18H,2,6-7,10-11H2,1H3;4,6H,2-3H2,1H3. The minimum atomic E-state index is -0.777. The number of nitrogens with one attached hydrogen (secondary N) is 1. The highest BCUT2D eigenvalue weighted by atomic mass is 19.1. The van der Waals surface area contributed by atoms with Crippen LogP contribution in [-0.2, 0) is 20.9 Å². The SMILES string of the molecule is CCC1CCC(Oc2ccc(-c3cccc(C=O)c3F)cc2)CC1.CCC1CCC(Oc2ccc(-c3cccc(CN4CC(C(=O)O)C4)c3F)cc2)CC1.COC(=O)C1CNC1. The molecular weight excluding hydrogens is 791 g/mol. The first-order valence-electron chi connectivity index (χ1n) is 22.4. The number of hydrogen-bond donors (Lipinski definition) is 2. The number of methoxy groups -OCH3 is 1. The zero-order valence-electron chi connectivity index (χ0n) is 36.3. The number of carboxylic acids is 1. The first-order valence-corrected chi connectivity index (χ1v) is 22.4. The van der Waals surface area contributed by atoms with Crippen LogP contribution >= 0.6 is 0 Å². The van der Waals surface area contributed by atoms with Gasteiger partial charge >= 0.3 is 11.9 Å². The summed E-state index contributed by atoms with van der Waals surface area (Å²) in [4.78, 5) is 34.3. The number of hydrogen-bond acceptors (Lipinski definition) is 8. The third-order valence-corrected chi connectivity index (χ3v) is 12.9. The lowest BCUT2D eigenvalue weighted by molar-refractivity contribution is -0.148. The van der Waals surface area contributed by atoms with E-state index in [0.29, 0.717) is 42.6 Å². The predicted molar refractivity (Wildman–Crippen MR) is 237 cm³/mol. The van der Waals surface area contributed by atoms with Gasteiger partial charge < -0.3 is 24.6 Å². The quantitative estimate of drug-likeness (QED) is 0.100. The molecule has 0 unspecified atom stereocenters. The summed E-state index contributed by atoms with van der Waals surface area (Å²) in [6.45, 7) is 7.47. The van der Waals surface area contributed by atoms with E-state index in [2.05, 4.69) is 23.9 Å². The first-order chi connectivity index (χ1) is 30.1. The fraction of sp³-hybridized carbons (Fsp3) is 0.471. The van der Waals surface area contributed by atoms with E-state index < -0.39 is 11.8 Å². The smallest absolute Gasteiger partial charge is 0.311 e. The molecule has 11 heteroatoms. The predicted octanol–water partition coefficient (Wildman–Crippen LogP) is 10.4. The Labute approximate surface area is 365 Å². The number of aliphatic carboxylic acids is 1. The maximum Gasteiger partial charge on any atom is 0.311 e. The van der Waals surface area contributed by atoms with Gasteiger partial charge in [0, 0.05) is 49.4 Å². The molecule has 2 aliphatic heterocycles. The van der Waals surface area contributed by atoms with Gasteiger partial charge in [0.1, 0.15) is 23.1 Å². The Kier molecular flexibility index (Phi) is 17.1. The van der Waals surface area contributed by atoms with Crippen molar-refractivity contribution in [2.45, 2.75) is 96.8 Å². The summed E-state index contributed by atoms with van der Waals surface area (Å²) in [5, 5.41) is 12.0. The summed E-state index contributed by atoms with van der Waals surface area (Å²) in [7, 11) is 1.42. The van der Waals surface area contributed by atoms with Crippen molar-refractivity contribution in [3.05, 3.63) is 108 Å². The Hall–Kier alpha value is -5.13. The van der Waals surface area contributed by atoms with Crippen LogP contribution < -0.4 is 14.8 Å². The minimum Gasteiger partial charge on any atom is -0.490 e. The number of carbonyl (C=O) groups is 3. The lowest BCUT2D eigenvalue weighted by atomic mass is 9.86. The minimum absolute atomic E-state index is 0.0838. The van der Waals surface area contributed by atoms with Crippen molar-refractivity contribution in [1.29, 1.82) is 0 Å². The second-order valence-corrected chi connectivity index (χ2v) is 17.1. The van der Waals surface area contributed by atoms with Gasteiger partial charge in [0.25, 0.3) is 0 Å². The van der Waals surface area contributed by atoms with E-state index in [9.17, 15) is 18.8 Å². The lowest BCUT2D eigenvalue weighted by Crippen LogP contribution is -2.49. The highest BCUT2D eigenvalue weighted by molar-refractivity contribution is 5.80. The molecule has 2 saturated heterocycles. The van der Waals surface area contributed by atoms with Gasteiger partial charge in [-0.2, -0.15) is 0 Å². The lowest BCUT2D eigenvalue weighted by Gasteiger charge is -2.36. The second-order valence-electron chi connectivity index (χ2n) is 17.1. The second kappa shape index (κ2) is 22.8. The number of halogens is 2. The highest BCUT2D eigenvalue weighted by Crippen LogP contribution is 2.33. The molecule has 4 aliphatic rings. The molecule has 0 spiro atoms. The molecule has 332 valence electrons. The van der Waals surface area contributed by atoms with Crippen LogP contribution in [0.2, 0.25) is 0 Å². The first kappa shape index (κ1) is 46.4. The van der Waals surface area contributed by atoms with Gasteiger partial charge in [-0.1, -0.05) is 81.3 Å². The van der Waals surface area contributed by atoms with Crippen LogP contribution in [0, 0.1) is 35.3 Å². The number of rotatable bonds is 13. The average molecular weight is 853 g/mol. The molecule has 0 aromatic heterocycles. The number of likely N-dealkylation sites (tertiary alicyclic amines) is 1. The summed E-state index contributed by atoms with van der Waals surface area (Å²) in [5.74, 6) is 1.57. The number of ether oxygens (including phenoxy) is 3. The topological polar surface area (TPSA) is 114 Å². The van der Waals surface area contributed by atoms with Crippen LogP contribution in [0.3, 0.4) is 0 Å². The third kappa shape index (κ3) is 12.5. The largest absolute Gasteiger partial charge is 0.490 e. The number of carboxylic acid groups (broad SMARTS) is 1. The number of nitrogens with zero attached hydrogens (tertiary/aromatic N) is 1. The van der Waals surface area contributed by atoms with Crippen molar-refractivity contribution in [1.82, 2.24) is 10.2 Å². The van der Waals surface area contributed by atoms with Crippen molar-refractivity contribution < 1.29 is 42.5 Å². The van der Waals surface area contributed by atoms with Crippen molar-refractivity contribution in [3.8, 4) is 33.8 Å². The maximum absolute atomic E-state index is 15.1.